The number of hydrogen-bond acceptors (Lipinski definition) is 2. The lowest BCUT2D eigenvalue weighted by molar-refractivity contribution is -0.132. The van der Waals surface area contributed by atoms with E-state index in [4.69, 9.17) is 5.11 Å². The van der Waals surface area contributed by atoms with Gasteiger partial charge in [0.05, 0.1) is 12.0 Å². The summed E-state index contributed by atoms with van der Waals surface area (Å²) in [6, 6.07) is 0.235. The summed E-state index contributed by atoms with van der Waals surface area (Å²) < 4.78 is 0. The summed E-state index contributed by atoms with van der Waals surface area (Å²) in [5.74, 6) is -0.0660. The molecular formula is C10H21NO2. The van der Waals surface area contributed by atoms with Gasteiger partial charge >= 0.3 is 0 Å². The summed E-state index contributed by atoms with van der Waals surface area (Å²) in [4.78, 5) is 11.6. The highest BCUT2D eigenvalue weighted by atomic mass is 16.3. The van der Waals surface area contributed by atoms with Crippen LogP contribution in [0.15, 0.2) is 0 Å². The predicted molar refractivity (Wildman–Crippen MR) is 53.4 cm³/mol. The van der Waals surface area contributed by atoms with Crippen molar-refractivity contribution in [1.82, 2.24) is 5.32 Å². The maximum atomic E-state index is 11.6. The molecule has 0 aliphatic heterocycles. The number of nitrogens with one attached hydrogen (secondary N) is 1. The molecule has 0 aliphatic rings. The minimum Gasteiger partial charge on any atom is -0.395 e. The van der Waals surface area contributed by atoms with Crippen LogP contribution < -0.4 is 5.32 Å². The number of aliphatic hydroxyl groups excluding tert-OH is 1. The molecule has 0 spiro atoms. The molecule has 0 unspecified atom stereocenters. The molecule has 0 rings (SSSR count). The van der Waals surface area contributed by atoms with Gasteiger partial charge in [-0.25, -0.2) is 0 Å². The van der Waals surface area contributed by atoms with Crippen molar-refractivity contribution in [2.45, 2.75) is 46.6 Å². The molecule has 0 heterocycles. The maximum absolute atomic E-state index is 11.6. The number of rotatable bonds is 5. The molecule has 0 atom stereocenters. The molecule has 3 heteroatoms. The Morgan fingerprint density at radius 3 is 2.15 bits per heavy atom. The van der Waals surface area contributed by atoms with Crippen LogP contribution in [0, 0.1) is 5.41 Å². The third-order valence-electron chi connectivity index (χ3n) is 2.33. The summed E-state index contributed by atoms with van der Waals surface area (Å²) in [7, 11) is 0. The topological polar surface area (TPSA) is 49.3 Å². The molecule has 0 aromatic rings. The molecule has 13 heavy (non-hydrogen) atoms. The normalized spacial score (nSPS) is 11.8. The lowest BCUT2D eigenvalue weighted by Crippen LogP contribution is -2.44. The first-order chi connectivity index (χ1) is 5.97. The zero-order valence-corrected chi connectivity index (χ0v) is 9.05. The molecule has 3 nitrogen and oxygen atoms in total. The third kappa shape index (κ3) is 3.77. The van der Waals surface area contributed by atoms with Gasteiger partial charge in [0.1, 0.15) is 0 Å². The van der Waals surface area contributed by atoms with E-state index in [0.717, 1.165) is 12.8 Å². The second kappa shape index (κ2) is 5.22. The first kappa shape index (κ1) is 12.4. The Bertz CT molecular complexity index is 162. The average Bonchev–Trinajstić information content (AvgIpc) is 2.13. The number of carbonyl (C=O) groups excluding carboxylic acids is 1. The number of carbonyl (C=O) groups is 1. The van der Waals surface area contributed by atoms with Crippen LogP contribution in [0.25, 0.3) is 0 Å². The Balaban J connectivity index is 4.13. The number of hydrogen-bond donors (Lipinski definition) is 2. The van der Waals surface area contributed by atoms with E-state index < -0.39 is 5.41 Å². The lowest BCUT2D eigenvalue weighted by Gasteiger charge is -2.24. The fraction of sp³-hybridized carbons (Fsp3) is 0.900. The first-order valence-electron chi connectivity index (χ1n) is 4.89. The van der Waals surface area contributed by atoms with E-state index >= 15 is 0 Å². The molecule has 1 amide bonds. The molecule has 0 aromatic heterocycles. The van der Waals surface area contributed by atoms with E-state index in [-0.39, 0.29) is 18.6 Å². The van der Waals surface area contributed by atoms with E-state index in [0.29, 0.717) is 0 Å². The summed E-state index contributed by atoms with van der Waals surface area (Å²) in [6.45, 7) is 7.45. The molecule has 78 valence electrons. The SMILES string of the molecule is CCC(CC)NC(=O)C(C)(C)CO. The van der Waals surface area contributed by atoms with Crippen LogP contribution in [0.1, 0.15) is 40.5 Å². The number of amides is 1. The summed E-state index contributed by atoms with van der Waals surface area (Å²) in [5.41, 5.74) is -0.664. The van der Waals surface area contributed by atoms with Crippen LogP contribution in [0.4, 0.5) is 0 Å². The zero-order chi connectivity index (χ0) is 10.5. The van der Waals surface area contributed by atoms with Gasteiger partial charge in [-0.05, 0) is 26.7 Å². The predicted octanol–water partition coefficient (Wildman–Crippen LogP) is 1.31. The van der Waals surface area contributed by atoms with E-state index in [1.54, 1.807) is 13.8 Å². The monoisotopic (exact) mass is 187 g/mol. The molecular weight excluding hydrogens is 166 g/mol. The Morgan fingerprint density at radius 1 is 1.38 bits per heavy atom. The van der Waals surface area contributed by atoms with Crippen LogP contribution in [0.3, 0.4) is 0 Å². The van der Waals surface area contributed by atoms with Crippen LogP contribution in [0.2, 0.25) is 0 Å². The lowest BCUT2D eigenvalue weighted by atomic mass is 9.93. The van der Waals surface area contributed by atoms with Gasteiger partial charge in [-0.2, -0.15) is 0 Å². The highest BCUT2D eigenvalue weighted by molar-refractivity contribution is 5.82. The summed E-state index contributed by atoms with van der Waals surface area (Å²) in [6.07, 6.45) is 1.87. The van der Waals surface area contributed by atoms with Gasteiger partial charge in [0.15, 0.2) is 0 Å². The van der Waals surface area contributed by atoms with Crippen LogP contribution >= 0.6 is 0 Å². The smallest absolute Gasteiger partial charge is 0.228 e. The minimum atomic E-state index is -0.664. The van der Waals surface area contributed by atoms with Gasteiger partial charge in [0.25, 0.3) is 0 Å². The Labute approximate surface area is 80.5 Å². The number of aliphatic hydroxyl groups is 1. The van der Waals surface area contributed by atoms with Crippen molar-refractivity contribution in [3.63, 3.8) is 0 Å². The molecule has 0 bridgehead atoms. The van der Waals surface area contributed by atoms with Gasteiger partial charge in [-0.1, -0.05) is 13.8 Å². The second-order valence-electron chi connectivity index (χ2n) is 4.03. The van der Waals surface area contributed by atoms with Crippen molar-refractivity contribution < 1.29 is 9.90 Å². The average molecular weight is 187 g/mol. The van der Waals surface area contributed by atoms with Crippen LogP contribution in [-0.4, -0.2) is 23.7 Å². The fourth-order valence-electron chi connectivity index (χ4n) is 0.945. The Hall–Kier alpha value is -0.570. The quantitative estimate of drug-likeness (QED) is 0.681. The fourth-order valence-corrected chi connectivity index (χ4v) is 0.945. The standard InChI is InChI=1S/C10H21NO2/c1-5-8(6-2)11-9(13)10(3,4)7-12/h8,12H,5-7H2,1-4H3,(H,11,13). The molecule has 0 aliphatic carbocycles. The molecule has 0 radical (unpaired) electrons. The molecule has 0 aromatic carbocycles. The second-order valence-corrected chi connectivity index (χ2v) is 4.03. The first-order valence-corrected chi connectivity index (χ1v) is 4.89. The van der Waals surface area contributed by atoms with Gasteiger partial charge in [0.2, 0.25) is 5.91 Å². The summed E-state index contributed by atoms with van der Waals surface area (Å²) >= 11 is 0. The highest BCUT2D eigenvalue weighted by Crippen LogP contribution is 2.14. The Kier molecular flexibility index (Phi) is 4.99. The van der Waals surface area contributed by atoms with Crippen molar-refractivity contribution in [1.29, 1.82) is 0 Å². The summed E-state index contributed by atoms with van der Waals surface area (Å²) in [5, 5.41) is 11.9. The maximum Gasteiger partial charge on any atom is 0.228 e. The molecule has 2 N–H and O–H groups in total. The zero-order valence-electron chi connectivity index (χ0n) is 9.05. The van der Waals surface area contributed by atoms with E-state index in [1.165, 1.54) is 0 Å². The van der Waals surface area contributed by atoms with Gasteiger partial charge in [-0.15, -0.1) is 0 Å². The Morgan fingerprint density at radius 2 is 1.85 bits per heavy atom. The molecule has 0 fully saturated rings. The van der Waals surface area contributed by atoms with Gasteiger partial charge in [0, 0.05) is 6.04 Å². The van der Waals surface area contributed by atoms with Crippen molar-refractivity contribution in [2.24, 2.45) is 5.41 Å². The van der Waals surface area contributed by atoms with Crippen LogP contribution in [0.5, 0.6) is 0 Å². The van der Waals surface area contributed by atoms with Gasteiger partial charge < -0.3 is 10.4 Å². The molecule has 0 saturated heterocycles. The highest BCUT2D eigenvalue weighted by Gasteiger charge is 2.27. The van der Waals surface area contributed by atoms with E-state index in [1.807, 2.05) is 13.8 Å². The minimum absolute atomic E-state index is 0.0660. The van der Waals surface area contributed by atoms with Crippen LogP contribution in [-0.2, 0) is 4.79 Å². The van der Waals surface area contributed by atoms with E-state index in [9.17, 15) is 4.79 Å². The van der Waals surface area contributed by atoms with Gasteiger partial charge in [-0.3, -0.25) is 4.79 Å². The van der Waals surface area contributed by atoms with E-state index in [2.05, 4.69) is 5.32 Å². The molecule has 0 saturated carbocycles. The van der Waals surface area contributed by atoms with Crippen molar-refractivity contribution in [2.75, 3.05) is 6.61 Å². The van der Waals surface area contributed by atoms with Crippen molar-refractivity contribution in [3.8, 4) is 0 Å². The van der Waals surface area contributed by atoms with Crippen molar-refractivity contribution >= 4 is 5.91 Å². The van der Waals surface area contributed by atoms with Crippen molar-refractivity contribution in [3.05, 3.63) is 0 Å². The largest absolute Gasteiger partial charge is 0.395 e. The third-order valence-corrected chi connectivity index (χ3v) is 2.33.